The Morgan fingerprint density at radius 3 is 2.53 bits per heavy atom. The summed E-state index contributed by atoms with van der Waals surface area (Å²) in [6, 6.07) is 13.5. The molecule has 2 rings (SSSR count). The van der Waals surface area contributed by atoms with E-state index in [1.807, 2.05) is 36.4 Å². The van der Waals surface area contributed by atoms with E-state index in [9.17, 15) is 4.79 Å². The largest absolute Gasteiger partial charge is 2.00 e. The maximum Gasteiger partial charge on any atom is 2.00 e. The molecule has 0 heterocycles. The van der Waals surface area contributed by atoms with Crippen LogP contribution in [0.5, 0.6) is 5.75 Å². The van der Waals surface area contributed by atoms with Crippen molar-refractivity contribution < 1.29 is 12.4 Å². The van der Waals surface area contributed by atoms with Gasteiger partial charge in [-0.25, -0.2) is 0 Å². The van der Waals surface area contributed by atoms with Gasteiger partial charge in [-0.05, 0) is 11.5 Å². The molecule has 2 nitrogen and oxygen atoms in total. The fourth-order valence-corrected chi connectivity index (χ4v) is 1.44. The predicted molar refractivity (Wildman–Crippen MR) is 63.2 cm³/mol. The Balaban J connectivity index is 0. The smallest absolute Gasteiger partial charge is 1.00 e. The SMILES string of the molecule is CC(=O)Oc1cccc2ccccc12.[Ca+2].[H-].[H-]. The molecule has 0 saturated carbocycles. The predicted octanol–water partition coefficient (Wildman–Crippen LogP) is 2.61. The van der Waals surface area contributed by atoms with Gasteiger partial charge in [-0.3, -0.25) is 4.79 Å². The Bertz CT molecular complexity index is 483. The summed E-state index contributed by atoms with van der Waals surface area (Å²) in [7, 11) is 0. The summed E-state index contributed by atoms with van der Waals surface area (Å²) in [5.41, 5.74) is 0. The molecule has 0 aliphatic rings. The maximum absolute atomic E-state index is 10.8. The number of rotatable bonds is 1. The monoisotopic (exact) mass is 228 g/mol. The third-order valence-electron chi connectivity index (χ3n) is 2.00. The molecule has 0 fully saturated rings. The first-order valence-electron chi connectivity index (χ1n) is 4.43. The second-order valence-corrected chi connectivity index (χ2v) is 3.07. The normalized spacial score (nSPS) is 9.40. The van der Waals surface area contributed by atoms with Crippen molar-refractivity contribution in [3.05, 3.63) is 42.5 Å². The molecule has 74 valence electrons. The molecular formula is C12H12CaO2. The number of hydrogen-bond acceptors (Lipinski definition) is 2. The van der Waals surface area contributed by atoms with Gasteiger partial charge in [-0.1, -0.05) is 36.4 Å². The topological polar surface area (TPSA) is 26.3 Å². The summed E-state index contributed by atoms with van der Waals surface area (Å²) in [6.45, 7) is 1.40. The van der Waals surface area contributed by atoms with Gasteiger partial charge in [0.2, 0.25) is 0 Å². The average molecular weight is 228 g/mol. The van der Waals surface area contributed by atoms with Gasteiger partial charge >= 0.3 is 43.7 Å². The van der Waals surface area contributed by atoms with E-state index in [0.29, 0.717) is 5.75 Å². The summed E-state index contributed by atoms with van der Waals surface area (Å²) in [5, 5.41) is 2.04. The molecule has 0 bridgehead atoms. The number of carbonyl (C=O) groups is 1. The van der Waals surface area contributed by atoms with Crippen LogP contribution in [-0.4, -0.2) is 43.7 Å². The molecule has 2 aromatic rings. The molecular weight excluding hydrogens is 216 g/mol. The minimum Gasteiger partial charge on any atom is -1.00 e. The molecule has 3 heteroatoms. The number of carbonyl (C=O) groups excluding carboxylic acids is 1. The third kappa shape index (κ3) is 2.94. The minimum atomic E-state index is -0.290. The van der Waals surface area contributed by atoms with Crippen molar-refractivity contribution in [3.8, 4) is 5.75 Å². The first-order chi connectivity index (χ1) is 6.77. The van der Waals surface area contributed by atoms with E-state index in [4.69, 9.17) is 4.74 Å². The van der Waals surface area contributed by atoms with E-state index in [-0.39, 0.29) is 46.6 Å². The zero-order valence-electron chi connectivity index (χ0n) is 10.6. The van der Waals surface area contributed by atoms with Crippen LogP contribution in [0, 0.1) is 0 Å². The van der Waals surface area contributed by atoms with Gasteiger partial charge in [-0.2, -0.15) is 0 Å². The van der Waals surface area contributed by atoms with Crippen LogP contribution >= 0.6 is 0 Å². The summed E-state index contributed by atoms with van der Waals surface area (Å²) >= 11 is 0. The minimum absolute atomic E-state index is 0. The van der Waals surface area contributed by atoms with E-state index in [1.165, 1.54) is 6.92 Å². The van der Waals surface area contributed by atoms with Gasteiger partial charge in [0.05, 0.1) is 0 Å². The molecule has 2 aromatic carbocycles. The zero-order valence-corrected chi connectivity index (χ0v) is 10.8. The molecule has 0 spiro atoms. The van der Waals surface area contributed by atoms with Crippen LogP contribution in [0.4, 0.5) is 0 Å². The van der Waals surface area contributed by atoms with Crippen LogP contribution in [0.25, 0.3) is 10.8 Å². The van der Waals surface area contributed by atoms with Gasteiger partial charge in [0.15, 0.2) is 0 Å². The molecule has 0 aliphatic carbocycles. The van der Waals surface area contributed by atoms with E-state index in [2.05, 4.69) is 0 Å². The second-order valence-electron chi connectivity index (χ2n) is 3.07. The second kappa shape index (κ2) is 5.50. The third-order valence-corrected chi connectivity index (χ3v) is 2.00. The Morgan fingerprint density at radius 1 is 1.13 bits per heavy atom. The number of fused-ring (bicyclic) bond motifs is 1. The fourth-order valence-electron chi connectivity index (χ4n) is 1.44. The fraction of sp³-hybridized carbons (Fsp3) is 0.0833. The summed E-state index contributed by atoms with van der Waals surface area (Å²) in [4.78, 5) is 10.8. The van der Waals surface area contributed by atoms with E-state index >= 15 is 0 Å². The van der Waals surface area contributed by atoms with E-state index < -0.39 is 0 Å². The summed E-state index contributed by atoms with van der Waals surface area (Å²) < 4.78 is 5.09. The molecule has 0 radical (unpaired) electrons. The van der Waals surface area contributed by atoms with Crippen molar-refractivity contribution in [2.45, 2.75) is 6.92 Å². The summed E-state index contributed by atoms with van der Waals surface area (Å²) in [6.07, 6.45) is 0. The number of esters is 1. The number of hydrogen-bond donors (Lipinski definition) is 0. The van der Waals surface area contributed by atoms with E-state index in [1.54, 1.807) is 6.07 Å². The van der Waals surface area contributed by atoms with Crippen molar-refractivity contribution in [2.24, 2.45) is 0 Å². The van der Waals surface area contributed by atoms with Crippen LogP contribution in [0.2, 0.25) is 0 Å². The number of benzene rings is 2. The van der Waals surface area contributed by atoms with Crippen molar-refractivity contribution in [3.63, 3.8) is 0 Å². The molecule has 0 aromatic heterocycles. The molecule has 0 N–H and O–H groups in total. The first-order valence-corrected chi connectivity index (χ1v) is 4.43. The van der Waals surface area contributed by atoms with Crippen LogP contribution < -0.4 is 4.74 Å². The van der Waals surface area contributed by atoms with Crippen molar-refractivity contribution in [1.82, 2.24) is 0 Å². The van der Waals surface area contributed by atoms with Crippen molar-refractivity contribution in [2.75, 3.05) is 0 Å². The van der Waals surface area contributed by atoms with Gasteiger partial charge < -0.3 is 7.59 Å². The van der Waals surface area contributed by atoms with Crippen LogP contribution in [0.15, 0.2) is 42.5 Å². The molecule has 0 unspecified atom stereocenters. The van der Waals surface area contributed by atoms with Crippen molar-refractivity contribution in [1.29, 1.82) is 0 Å². The van der Waals surface area contributed by atoms with Gasteiger partial charge in [0.1, 0.15) is 5.75 Å². The Hall–Kier alpha value is -0.570. The molecule has 0 saturated heterocycles. The van der Waals surface area contributed by atoms with Crippen LogP contribution in [-0.2, 0) is 4.79 Å². The summed E-state index contributed by atoms with van der Waals surface area (Å²) in [5.74, 6) is 0.331. The maximum atomic E-state index is 10.8. The zero-order chi connectivity index (χ0) is 9.97. The van der Waals surface area contributed by atoms with E-state index in [0.717, 1.165) is 10.8 Å². The van der Waals surface area contributed by atoms with Gasteiger partial charge in [0, 0.05) is 12.3 Å². The number of ether oxygens (including phenoxy) is 1. The standard InChI is InChI=1S/C12H10O2.Ca.2H/c1-9(13)14-12-8-4-6-10-5-2-3-7-11(10)12;;;/h2-8H,1H3;;;/q;+2;2*-1. The average Bonchev–Trinajstić information content (AvgIpc) is 2.18. The van der Waals surface area contributed by atoms with Gasteiger partial charge in [0.25, 0.3) is 0 Å². The Morgan fingerprint density at radius 2 is 1.80 bits per heavy atom. The first kappa shape index (κ1) is 12.5. The van der Waals surface area contributed by atoms with Crippen LogP contribution in [0.1, 0.15) is 9.78 Å². The molecule has 0 aliphatic heterocycles. The van der Waals surface area contributed by atoms with Crippen molar-refractivity contribution >= 4 is 54.5 Å². The van der Waals surface area contributed by atoms with Crippen LogP contribution in [0.3, 0.4) is 0 Å². The quantitative estimate of drug-likeness (QED) is 0.426. The molecule has 15 heavy (non-hydrogen) atoms. The Labute approximate surface area is 121 Å². The molecule has 0 atom stereocenters. The molecule has 0 amide bonds. The Kier molecular flexibility index (Phi) is 4.58. The van der Waals surface area contributed by atoms with Gasteiger partial charge in [-0.15, -0.1) is 0 Å².